The fourth-order valence-corrected chi connectivity index (χ4v) is 3.58. The van der Waals surface area contributed by atoms with E-state index in [0.717, 1.165) is 32.7 Å². The van der Waals surface area contributed by atoms with Crippen LogP contribution in [0.5, 0.6) is 0 Å². The van der Waals surface area contributed by atoms with Gasteiger partial charge in [0.05, 0.1) is 23.8 Å². The van der Waals surface area contributed by atoms with Crippen molar-refractivity contribution in [1.29, 1.82) is 5.26 Å². The molecule has 136 valence electrons. The molecule has 1 N–H and O–H groups in total. The SMILES string of the molecule is C[C@@H]1CN(Cc2ccccc2CNCc2ccc(C#N)cc2)C[C@@H](C)O1. The van der Waals surface area contributed by atoms with E-state index in [1.165, 1.54) is 16.7 Å². The van der Waals surface area contributed by atoms with Crippen LogP contribution in [0.15, 0.2) is 48.5 Å². The highest BCUT2D eigenvalue weighted by Gasteiger charge is 2.22. The maximum Gasteiger partial charge on any atom is 0.0991 e. The second-order valence-electron chi connectivity index (χ2n) is 7.13. The quantitative estimate of drug-likeness (QED) is 0.868. The Balaban J connectivity index is 1.57. The van der Waals surface area contributed by atoms with E-state index in [1.54, 1.807) is 0 Å². The molecule has 2 aromatic carbocycles. The van der Waals surface area contributed by atoms with Gasteiger partial charge in [0, 0.05) is 32.7 Å². The van der Waals surface area contributed by atoms with Gasteiger partial charge in [-0.3, -0.25) is 4.90 Å². The van der Waals surface area contributed by atoms with Gasteiger partial charge in [0.25, 0.3) is 0 Å². The van der Waals surface area contributed by atoms with Crippen LogP contribution in [0.3, 0.4) is 0 Å². The highest BCUT2D eigenvalue weighted by molar-refractivity contribution is 5.32. The zero-order valence-electron chi connectivity index (χ0n) is 15.6. The van der Waals surface area contributed by atoms with Gasteiger partial charge in [0.15, 0.2) is 0 Å². The number of morpholine rings is 1. The number of nitrogens with one attached hydrogen (secondary N) is 1. The number of rotatable bonds is 6. The fourth-order valence-electron chi connectivity index (χ4n) is 3.58. The van der Waals surface area contributed by atoms with Crippen molar-refractivity contribution in [2.45, 2.75) is 45.7 Å². The lowest BCUT2D eigenvalue weighted by Crippen LogP contribution is -2.45. The first-order chi connectivity index (χ1) is 12.6. The monoisotopic (exact) mass is 349 g/mol. The van der Waals surface area contributed by atoms with E-state index in [0.29, 0.717) is 17.8 Å². The Labute approximate surface area is 156 Å². The third-order valence-corrected chi connectivity index (χ3v) is 4.74. The number of hydrogen-bond acceptors (Lipinski definition) is 4. The molecule has 0 radical (unpaired) electrons. The Morgan fingerprint density at radius 1 is 1.00 bits per heavy atom. The lowest BCUT2D eigenvalue weighted by molar-refractivity contribution is -0.0705. The van der Waals surface area contributed by atoms with Gasteiger partial charge < -0.3 is 10.1 Å². The third-order valence-electron chi connectivity index (χ3n) is 4.74. The second kappa shape index (κ2) is 8.95. The maximum atomic E-state index is 8.87. The van der Waals surface area contributed by atoms with Crippen LogP contribution >= 0.6 is 0 Å². The van der Waals surface area contributed by atoms with Crippen molar-refractivity contribution in [3.63, 3.8) is 0 Å². The largest absolute Gasteiger partial charge is 0.373 e. The molecule has 0 spiro atoms. The van der Waals surface area contributed by atoms with Crippen LogP contribution in [0.1, 0.15) is 36.1 Å². The van der Waals surface area contributed by atoms with E-state index in [2.05, 4.69) is 54.4 Å². The summed E-state index contributed by atoms with van der Waals surface area (Å²) < 4.78 is 5.84. The molecule has 1 aliphatic heterocycles. The molecule has 0 unspecified atom stereocenters. The lowest BCUT2D eigenvalue weighted by Gasteiger charge is -2.35. The number of hydrogen-bond donors (Lipinski definition) is 1. The molecule has 1 saturated heterocycles. The van der Waals surface area contributed by atoms with E-state index in [-0.39, 0.29) is 0 Å². The fraction of sp³-hybridized carbons (Fsp3) is 0.409. The van der Waals surface area contributed by atoms with E-state index in [9.17, 15) is 0 Å². The van der Waals surface area contributed by atoms with E-state index in [1.807, 2.05) is 24.3 Å². The van der Waals surface area contributed by atoms with Crippen molar-refractivity contribution in [2.24, 2.45) is 0 Å². The van der Waals surface area contributed by atoms with Gasteiger partial charge in [-0.1, -0.05) is 36.4 Å². The summed E-state index contributed by atoms with van der Waals surface area (Å²) in [5.41, 5.74) is 4.61. The molecule has 4 nitrogen and oxygen atoms in total. The molecule has 1 aliphatic rings. The first kappa shape index (κ1) is 18.6. The van der Waals surface area contributed by atoms with Crippen molar-refractivity contribution in [1.82, 2.24) is 10.2 Å². The minimum Gasteiger partial charge on any atom is -0.373 e. The molecule has 2 atom stereocenters. The summed E-state index contributed by atoms with van der Waals surface area (Å²) >= 11 is 0. The Hall–Kier alpha value is -2.19. The molecular weight excluding hydrogens is 322 g/mol. The molecule has 0 amide bonds. The minimum atomic E-state index is 0.292. The molecule has 0 aliphatic carbocycles. The third kappa shape index (κ3) is 5.15. The molecule has 0 saturated carbocycles. The van der Waals surface area contributed by atoms with Crippen LogP contribution in [0.4, 0.5) is 0 Å². The predicted molar refractivity (Wildman–Crippen MR) is 103 cm³/mol. The standard InChI is InChI=1S/C22H27N3O/c1-17-14-25(15-18(2)26-17)16-22-6-4-3-5-21(22)13-24-12-20-9-7-19(11-23)8-10-20/h3-10,17-18,24H,12-16H2,1-2H3/t17-,18-/m1/s1. The number of nitrogens with zero attached hydrogens (tertiary/aromatic N) is 2. The van der Waals surface area contributed by atoms with Crippen LogP contribution in [-0.2, 0) is 24.4 Å². The summed E-state index contributed by atoms with van der Waals surface area (Å²) in [7, 11) is 0. The predicted octanol–water partition coefficient (Wildman–Crippen LogP) is 3.46. The van der Waals surface area contributed by atoms with Crippen molar-refractivity contribution in [3.8, 4) is 6.07 Å². The molecule has 2 aromatic rings. The summed E-state index contributed by atoms with van der Waals surface area (Å²) in [6.45, 7) is 8.86. The lowest BCUT2D eigenvalue weighted by atomic mass is 10.1. The first-order valence-corrected chi connectivity index (χ1v) is 9.28. The average Bonchev–Trinajstić information content (AvgIpc) is 2.63. The minimum absolute atomic E-state index is 0.292. The smallest absolute Gasteiger partial charge is 0.0991 e. The molecule has 0 aromatic heterocycles. The van der Waals surface area contributed by atoms with Crippen molar-refractivity contribution in [3.05, 3.63) is 70.8 Å². The Kier molecular flexibility index (Phi) is 6.40. The second-order valence-corrected chi connectivity index (χ2v) is 7.13. The molecule has 0 bridgehead atoms. The summed E-state index contributed by atoms with van der Waals surface area (Å²) in [6, 6.07) is 18.6. The maximum absolute atomic E-state index is 8.87. The van der Waals surface area contributed by atoms with E-state index >= 15 is 0 Å². The summed E-state index contributed by atoms with van der Waals surface area (Å²) in [5, 5.41) is 12.4. The van der Waals surface area contributed by atoms with Crippen LogP contribution in [0.2, 0.25) is 0 Å². The van der Waals surface area contributed by atoms with Crippen LogP contribution in [-0.4, -0.2) is 30.2 Å². The molecular formula is C22H27N3O. The van der Waals surface area contributed by atoms with Crippen LogP contribution < -0.4 is 5.32 Å². The van der Waals surface area contributed by atoms with Crippen molar-refractivity contribution in [2.75, 3.05) is 13.1 Å². The topological polar surface area (TPSA) is 48.3 Å². The first-order valence-electron chi connectivity index (χ1n) is 9.28. The number of ether oxygens (including phenoxy) is 1. The Bertz CT molecular complexity index is 741. The zero-order chi connectivity index (χ0) is 18.4. The zero-order valence-corrected chi connectivity index (χ0v) is 15.6. The normalized spacial score (nSPS) is 20.7. The molecule has 1 heterocycles. The summed E-state index contributed by atoms with van der Waals surface area (Å²) in [4.78, 5) is 2.48. The molecule has 4 heteroatoms. The highest BCUT2D eigenvalue weighted by Crippen LogP contribution is 2.17. The number of benzene rings is 2. The van der Waals surface area contributed by atoms with Gasteiger partial charge in [-0.15, -0.1) is 0 Å². The van der Waals surface area contributed by atoms with E-state index < -0.39 is 0 Å². The summed E-state index contributed by atoms with van der Waals surface area (Å²) in [6.07, 6.45) is 0.584. The molecule has 3 rings (SSSR count). The Morgan fingerprint density at radius 2 is 1.65 bits per heavy atom. The van der Waals surface area contributed by atoms with Gasteiger partial charge >= 0.3 is 0 Å². The summed E-state index contributed by atoms with van der Waals surface area (Å²) in [5.74, 6) is 0. The number of nitriles is 1. The van der Waals surface area contributed by atoms with Gasteiger partial charge in [-0.05, 0) is 42.7 Å². The van der Waals surface area contributed by atoms with Gasteiger partial charge in [-0.2, -0.15) is 5.26 Å². The van der Waals surface area contributed by atoms with E-state index in [4.69, 9.17) is 10.00 Å². The highest BCUT2D eigenvalue weighted by atomic mass is 16.5. The van der Waals surface area contributed by atoms with Crippen molar-refractivity contribution < 1.29 is 4.74 Å². The Morgan fingerprint density at radius 3 is 2.31 bits per heavy atom. The molecule has 26 heavy (non-hydrogen) atoms. The van der Waals surface area contributed by atoms with Crippen LogP contribution in [0, 0.1) is 11.3 Å². The average molecular weight is 349 g/mol. The van der Waals surface area contributed by atoms with Gasteiger partial charge in [-0.25, -0.2) is 0 Å². The van der Waals surface area contributed by atoms with Crippen LogP contribution in [0.25, 0.3) is 0 Å². The molecule has 1 fully saturated rings. The van der Waals surface area contributed by atoms with Gasteiger partial charge in [0.1, 0.15) is 0 Å². The van der Waals surface area contributed by atoms with Gasteiger partial charge in [0.2, 0.25) is 0 Å². The van der Waals surface area contributed by atoms with Crippen molar-refractivity contribution >= 4 is 0 Å².